The zero-order valence-electron chi connectivity index (χ0n) is 13.8. The number of alkyl halides is 3. The molecule has 0 aromatic carbocycles. The molecule has 3 N–H and O–H groups in total. The van der Waals surface area contributed by atoms with E-state index in [2.05, 4.69) is 5.32 Å². The second-order valence-electron chi connectivity index (χ2n) is 7.66. The SMILES string of the molecule is O=C(O)[C@@H]1CN(C(=O)NCCC2(O)CC3CCC2C3)C[C@H]1C(F)(F)F. The normalized spacial score (nSPS) is 37.5. The molecule has 0 aromatic heterocycles. The first-order chi connectivity index (χ1) is 11.6. The van der Waals surface area contributed by atoms with Crippen molar-refractivity contribution in [3.05, 3.63) is 0 Å². The molecule has 142 valence electrons. The van der Waals surface area contributed by atoms with Crippen molar-refractivity contribution in [2.75, 3.05) is 19.6 Å². The molecule has 1 heterocycles. The lowest BCUT2D eigenvalue weighted by Crippen LogP contribution is -2.43. The number of carbonyl (C=O) groups is 2. The Hall–Kier alpha value is -1.51. The average molecular weight is 364 g/mol. The summed E-state index contributed by atoms with van der Waals surface area (Å²) in [5.74, 6) is -4.46. The predicted octanol–water partition coefficient (Wildman–Crippen LogP) is 1.83. The zero-order valence-corrected chi connectivity index (χ0v) is 13.8. The summed E-state index contributed by atoms with van der Waals surface area (Å²) in [6.45, 7) is -0.939. The van der Waals surface area contributed by atoms with Gasteiger partial charge in [-0.25, -0.2) is 4.79 Å². The van der Waals surface area contributed by atoms with Crippen LogP contribution in [0.1, 0.15) is 32.1 Å². The van der Waals surface area contributed by atoms with Gasteiger partial charge in [0.25, 0.3) is 0 Å². The highest BCUT2D eigenvalue weighted by molar-refractivity contribution is 5.77. The summed E-state index contributed by atoms with van der Waals surface area (Å²) in [7, 11) is 0. The van der Waals surface area contributed by atoms with Crippen LogP contribution in [0.3, 0.4) is 0 Å². The zero-order chi connectivity index (χ0) is 18.4. The van der Waals surface area contributed by atoms with Gasteiger partial charge in [-0.3, -0.25) is 4.79 Å². The molecule has 0 radical (unpaired) electrons. The van der Waals surface area contributed by atoms with Crippen LogP contribution in [-0.2, 0) is 4.79 Å². The highest BCUT2D eigenvalue weighted by Gasteiger charge is 2.54. The number of urea groups is 1. The van der Waals surface area contributed by atoms with Crippen molar-refractivity contribution in [2.24, 2.45) is 23.7 Å². The van der Waals surface area contributed by atoms with Crippen LogP contribution in [0.2, 0.25) is 0 Å². The minimum atomic E-state index is -4.66. The highest BCUT2D eigenvalue weighted by atomic mass is 19.4. The van der Waals surface area contributed by atoms with E-state index < -0.39 is 48.7 Å². The molecule has 1 saturated heterocycles. The van der Waals surface area contributed by atoms with Crippen LogP contribution in [0.5, 0.6) is 0 Å². The number of hydrogen-bond acceptors (Lipinski definition) is 3. The van der Waals surface area contributed by atoms with Crippen molar-refractivity contribution in [1.82, 2.24) is 10.2 Å². The summed E-state index contributed by atoms with van der Waals surface area (Å²) in [4.78, 5) is 24.0. The molecule has 2 saturated carbocycles. The Bertz CT molecular complexity index is 556. The van der Waals surface area contributed by atoms with Gasteiger partial charge in [-0.2, -0.15) is 13.2 Å². The number of amides is 2. The molecule has 2 bridgehead atoms. The molecule has 0 aromatic rings. The Labute approximate surface area is 143 Å². The molecule has 9 heteroatoms. The van der Waals surface area contributed by atoms with Gasteiger partial charge in [0, 0.05) is 19.6 Å². The summed E-state index contributed by atoms with van der Waals surface area (Å²) in [5, 5.41) is 22.1. The number of carboxylic acid groups (broad SMARTS) is 1. The molecule has 25 heavy (non-hydrogen) atoms. The molecule has 5 atom stereocenters. The van der Waals surface area contributed by atoms with E-state index in [1.165, 1.54) is 0 Å². The van der Waals surface area contributed by atoms with E-state index in [0.717, 1.165) is 24.2 Å². The Morgan fingerprint density at radius 3 is 2.44 bits per heavy atom. The number of rotatable bonds is 4. The molecule has 2 aliphatic carbocycles. The molecule has 3 rings (SSSR count). The number of aliphatic hydroxyl groups is 1. The van der Waals surface area contributed by atoms with Gasteiger partial charge in [-0.15, -0.1) is 0 Å². The third-order valence-electron chi connectivity index (χ3n) is 6.12. The number of halogens is 3. The highest BCUT2D eigenvalue weighted by Crippen LogP contribution is 2.52. The lowest BCUT2D eigenvalue weighted by molar-refractivity contribution is -0.187. The topological polar surface area (TPSA) is 89.9 Å². The standard InChI is InChI=1S/C16H23F3N2O4/c17-16(18,19)12-8-21(7-11(12)13(22)23)14(24)20-4-3-15(25)6-9-1-2-10(15)5-9/h9-12,25H,1-8H2,(H,20,24)(H,22,23)/t9?,10?,11-,12-,15?/m1/s1. The Morgan fingerprint density at radius 1 is 1.24 bits per heavy atom. The maximum absolute atomic E-state index is 12.9. The second kappa shape index (κ2) is 6.34. The van der Waals surface area contributed by atoms with Gasteiger partial charge >= 0.3 is 18.2 Å². The summed E-state index contributed by atoms with van der Waals surface area (Å²) >= 11 is 0. The number of hydrogen-bond donors (Lipinski definition) is 3. The number of nitrogens with zero attached hydrogens (tertiary/aromatic N) is 1. The van der Waals surface area contributed by atoms with E-state index in [9.17, 15) is 27.9 Å². The number of nitrogens with one attached hydrogen (secondary N) is 1. The van der Waals surface area contributed by atoms with Gasteiger partial charge in [0.15, 0.2) is 0 Å². The number of likely N-dealkylation sites (tertiary alicyclic amines) is 1. The van der Waals surface area contributed by atoms with E-state index >= 15 is 0 Å². The van der Waals surface area contributed by atoms with E-state index in [1.807, 2.05) is 0 Å². The van der Waals surface area contributed by atoms with E-state index in [1.54, 1.807) is 0 Å². The van der Waals surface area contributed by atoms with Gasteiger partial charge in [0.2, 0.25) is 0 Å². The van der Waals surface area contributed by atoms with Gasteiger partial charge in [0.05, 0.1) is 17.4 Å². The second-order valence-corrected chi connectivity index (χ2v) is 7.66. The first kappa shape index (κ1) is 18.3. The van der Waals surface area contributed by atoms with Crippen LogP contribution in [0.25, 0.3) is 0 Å². The molecule has 3 aliphatic rings. The van der Waals surface area contributed by atoms with E-state index in [-0.39, 0.29) is 12.5 Å². The summed E-state index contributed by atoms with van der Waals surface area (Å²) in [6.07, 6.45) is -0.453. The lowest BCUT2D eigenvalue weighted by Gasteiger charge is -2.32. The smallest absolute Gasteiger partial charge is 0.394 e. The Kier molecular flexibility index (Phi) is 4.63. The number of carbonyl (C=O) groups excluding carboxylic acids is 1. The van der Waals surface area contributed by atoms with Crippen LogP contribution in [0.15, 0.2) is 0 Å². The molecule has 3 fully saturated rings. The number of carboxylic acids is 1. The fraction of sp³-hybridized carbons (Fsp3) is 0.875. The van der Waals surface area contributed by atoms with Crippen LogP contribution >= 0.6 is 0 Å². The quantitative estimate of drug-likeness (QED) is 0.710. The Morgan fingerprint density at radius 2 is 1.96 bits per heavy atom. The van der Waals surface area contributed by atoms with E-state index in [4.69, 9.17) is 5.11 Å². The molecular formula is C16H23F3N2O4. The molecule has 6 nitrogen and oxygen atoms in total. The van der Waals surface area contributed by atoms with Crippen molar-refractivity contribution in [3.8, 4) is 0 Å². The minimum absolute atomic E-state index is 0.170. The molecular weight excluding hydrogens is 341 g/mol. The average Bonchev–Trinajstić information content (AvgIpc) is 3.19. The maximum Gasteiger partial charge on any atom is 0.394 e. The molecule has 0 spiro atoms. The minimum Gasteiger partial charge on any atom is -0.481 e. The fourth-order valence-corrected chi connectivity index (χ4v) is 4.77. The lowest BCUT2D eigenvalue weighted by atomic mass is 9.82. The molecule has 1 aliphatic heterocycles. The first-order valence-corrected chi connectivity index (χ1v) is 8.65. The molecule has 3 unspecified atom stereocenters. The van der Waals surface area contributed by atoms with Gasteiger partial charge in [-0.05, 0) is 43.9 Å². The predicted molar refractivity (Wildman–Crippen MR) is 80.7 cm³/mol. The van der Waals surface area contributed by atoms with Crippen LogP contribution in [0.4, 0.5) is 18.0 Å². The van der Waals surface area contributed by atoms with Gasteiger partial charge in [0.1, 0.15) is 0 Å². The third kappa shape index (κ3) is 3.56. The Balaban J connectivity index is 1.51. The first-order valence-electron chi connectivity index (χ1n) is 8.65. The number of fused-ring (bicyclic) bond motifs is 2. The summed E-state index contributed by atoms with van der Waals surface area (Å²) in [6, 6.07) is -0.704. The van der Waals surface area contributed by atoms with Crippen molar-refractivity contribution in [1.29, 1.82) is 0 Å². The van der Waals surface area contributed by atoms with Gasteiger partial charge in [-0.1, -0.05) is 0 Å². The van der Waals surface area contributed by atoms with Crippen LogP contribution in [0, 0.1) is 23.7 Å². The van der Waals surface area contributed by atoms with Crippen LogP contribution in [-0.4, -0.2) is 58.5 Å². The fourth-order valence-electron chi connectivity index (χ4n) is 4.77. The van der Waals surface area contributed by atoms with Crippen molar-refractivity contribution in [3.63, 3.8) is 0 Å². The largest absolute Gasteiger partial charge is 0.481 e. The maximum atomic E-state index is 12.9. The summed E-state index contributed by atoms with van der Waals surface area (Å²) < 4.78 is 38.8. The van der Waals surface area contributed by atoms with E-state index in [0.29, 0.717) is 18.8 Å². The van der Waals surface area contributed by atoms with Gasteiger partial charge < -0.3 is 20.4 Å². The monoisotopic (exact) mass is 364 g/mol. The number of aliphatic carboxylic acids is 1. The molecule has 2 amide bonds. The summed E-state index contributed by atoms with van der Waals surface area (Å²) in [5.41, 5.74) is -0.792. The van der Waals surface area contributed by atoms with Crippen molar-refractivity contribution >= 4 is 12.0 Å². The third-order valence-corrected chi connectivity index (χ3v) is 6.12. The van der Waals surface area contributed by atoms with Crippen molar-refractivity contribution in [2.45, 2.75) is 43.9 Å². The van der Waals surface area contributed by atoms with Crippen molar-refractivity contribution < 1.29 is 33.0 Å². The van der Waals surface area contributed by atoms with Crippen LogP contribution < -0.4 is 5.32 Å².